The highest BCUT2D eigenvalue weighted by atomic mass is 79.9. The molecule has 6 heteroatoms. The molecule has 0 saturated heterocycles. The first kappa shape index (κ1) is 16.5. The Morgan fingerprint density at radius 1 is 1.32 bits per heavy atom. The number of halogens is 2. The van der Waals surface area contributed by atoms with Gasteiger partial charge >= 0.3 is 0 Å². The van der Waals surface area contributed by atoms with Crippen molar-refractivity contribution in [2.24, 2.45) is 0 Å². The summed E-state index contributed by atoms with van der Waals surface area (Å²) >= 11 is 6.80. The molecule has 0 aliphatic carbocycles. The van der Waals surface area contributed by atoms with Gasteiger partial charge in [-0.25, -0.2) is 0 Å². The molecule has 0 bridgehead atoms. The van der Waals surface area contributed by atoms with Crippen LogP contribution in [0.4, 0.5) is 5.69 Å². The average Bonchev–Trinajstić information content (AvgIpc) is 2.32. The van der Waals surface area contributed by atoms with E-state index in [9.17, 15) is 4.79 Å². The van der Waals surface area contributed by atoms with Crippen LogP contribution in [0.15, 0.2) is 21.1 Å². The van der Waals surface area contributed by atoms with Crippen molar-refractivity contribution < 1.29 is 9.53 Å². The summed E-state index contributed by atoms with van der Waals surface area (Å²) in [6.45, 7) is 4.76. The summed E-state index contributed by atoms with van der Waals surface area (Å²) in [6, 6.07) is 4.01. The van der Waals surface area contributed by atoms with Crippen molar-refractivity contribution in [3.8, 4) is 5.75 Å². The molecule has 1 rings (SSSR count). The smallest absolute Gasteiger partial charge is 0.225 e. The zero-order valence-electron chi connectivity index (χ0n) is 11.2. The van der Waals surface area contributed by atoms with Gasteiger partial charge in [0.25, 0.3) is 0 Å². The molecule has 0 fully saturated rings. The number of carbonyl (C=O) groups excluding carboxylic acids is 1. The van der Waals surface area contributed by atoms with E-state index >= 15 is 0 Å². The number of ether oxygens (including phenoxy) is 1. The molecule has 4 nitrogen and oxygen atoms in total. The summed E-state index contributed by atoms with van der Waals surface area (Å²) in [4.78, 5) is 11.8. The number of hydrogen-bond acceptors (Lipinski definition) is 3. The van der Waals surface area contributed by atoms with Gasteiger partial charge in [-0.15, -0.1) is 0 Å². The lowest BCUT2D eigenvalue weighted by molar-refractivity contribution is -0.116. The largest absolute Gasteiger partial charge is 0.495 e. The molecule has 2 N–H and O–H groups in total. The van der Waals surface area contributed by atoms with Crippen molar-refractivity contribution in [1.82, 2.24) is 5.32 Å². The zero-order valence-corrected chi connectivity index (χ0v) is 14.4. The lowest BCUT2D eigenvalue weighted by atomic mass is 10.3. The number of benzene rings is 1. The van der Waals surface area contributed by atoms with Crippen LogP contribution in [0.3, 0.4) is 0 Å². The average molecular weight is 394 g/mol. The molecule has 0 saturated carbocycles. The minimum Gasteiger partial charge on any atom is -0.495 e. The minimum absolute atomic E-state index is 0.0294. The maximum Gasteiger partial charge on any atom is 0.225 e. The first-order valence-electron chi connectivity index (χ1n) is 6.00. The Kier molecular flexibility index (Phi) is 6.82. The van der Waals surface area contributed by atoms with Crippen LogP contribution in [0.1, 0.15) is 20.3 Å². The van der Waals surface area contributed by atoms with Gasteiger partial charge in [0.05, 0.1) is 17.3 Å². The lowest BCUT2D eigenvalue weighted by Crippen LogP contribution is -2.27. The minimum atomic E-state index is -0.0294. The van der Waals surface area contributed by atoms with Crippen LogP contribution in [-0.4, -0.2) is 25.6 Å². The van der Waals surface area contributed by atoms with E-state index in [0.29, 0.717) is 30.4 Å². The molecule has 1 aromatic rings. The second kappa shape index (κ2) is 7.87. The van der Waals surface area contributed by atoms with Gasteiger partial charge in [0.2, 0.25) is 5.91 Å². The monoisotopic (exact) mass is 392 g/mol. The van der Waals surface area contributed by atoms with Crippen molar-refractivity contribution >= 4 is 43.5 Å². The van der Waals surface area contributed by atoms with Crippen LogP contribution < -0.4 is 15.4 Å². The van der Waals surface area contributed by atoms with Gasteiger partial charge in [-0.1, -0.05) is 13.8 Å². The summed E-state index contributed by atoms with van der Waals surface area (Å²) in [5.41, 5.74) is 0.703. The van der Waals surface area contributed by atoms with E-state index in [1.807, 2.05) is 19.9 Å². The van der Waals surface area contributed by atoms with Crippen molar-refractivity contribution in [3.05, 3.63) is 21.1 Å². The van der Waals surface area contributed by atoms with Crippen molar-refractivity contribution in [1.29, 1.82) is 0 Å². The fraction of sp³-hybridized carbons (Fsp3) is 0.462. The molecule has 0 heterocycles. The third-order valence-corrected chi connectivity index (χ3v) is 3.70. The highest BCUT2D eigenvalue weighted by Gasteiger charge is 2.10. The van der Waals surface area contributed by atoms with Gasteiger partial charge in [0, 0.05) is 29.5 Å². The number of rotatable bonds is 6. The fourth-order valence-corrected chi connectivity index (χ4v) is 2.72. The normalized spacial score (nSPS) is 10.6. The summed E-state index contributed by atoms with van der Waals surface area (Å²) in [6.07, 6.45) is 0.434. The van der Waals surface area contributed by atoms with Crippen molar-refractivity contribution in [3.63, 3.8) is 0 Å². The second-order valence-corrected chi connectivity index (χ2v) is 6.08. The number of hydrogen-bond donors (Lipinski definition) is 2. The van der Waals surface area contributed by atoms with Crippen molar-refractivity contribution in [2.75, 3.05) is 19.0 Å². The molecule has 0 unspecified atom stereocenters. The summed E-state index contributed by atoms with van der Waals surface area (Å²) < 4.78 is 6.85. The topological polar surface area (TPSA) is 50.4 Å². The van der Waals surface area contributed by atoms with Gasteiger partial charge < -0.3 is 15.4 Å². The Labute approximate surface area is 130 Å². The Balaban J connectivity index is 2.63. The zero-order chi connectivity index (χ0) is 14.4. The number of carbonyl (C=O) groups is 1. The number of nitrogens with one attached hydrogen (secondary N) is 2. The maximum absolute atomic E-state index is 11.8. The predicted octanol–water partition coefficient (Wildman–Crippen LogP) is 3.55. The Morgan fingerprint density at radius 3 is 2.58 bits per heavy atom. The highest BCUT2D eigenvalue weighted by Crippen LogP contribution is 2.34. The fourth-order valence-electron chi connectivity index (χ4n) is 1.47. The van der Waals surface area contributed by atoms with E-state index in [0.717, 1.165) is 8.95 Å². The molecule has 0 atom stereocenters. The van der Waals surface area contributed by atoms with E-state index in [1.165, 1.54) is 0 Å². The first-order chi connectivity index (χ1) is 8.93. The molecular weight excluding hydrogens is 376 g/mol. The van der Waals surface area contributed by atoms with Crippen LogP contribution in [0, 0.1) is 0 Å². The summed E-state index contributed by atoms with van der Waals surface area (Å²) in [5.74, 6) is 0.650. The Bertz CT molecular complexity index is 451. The van der Waals surface area contributed by atoms with E-state index < -0.39 is 0 Å². The van der Waals surface area contributed by atoms with Crippen LogP contribution >= 0.6 is 31.9 Å². The van der Waals surface area contributed by atoms with E-state index in [1.54, 1.807) is 13.2 Å². The lowest BCUT2D eigenvalue weighted by Gasteiger charge is -2.12. The van der Waals surface area contributed by atoms with Crippen molar-refractivity contribution in [2.45, 2.75) is 26.3 Å². The molecule has 0 aliphatic heterocycles. The molecule has 19 heavy (non-hydrogen) atoms. The van der Waals surface area contributed by atoms with Gasteiger partial charge in [-0.05, 0) is 37.9 Å². The second-order valence-electron chi connectivity index (χ2n) is 4.37. The van der Waals surface area contributed by atoms with E-state index in [-0.39, 0.29) is 5.91 Å². The third kappa shape index (κ3) is 5.50. The SMILES string of the molecule is COc1cc(NC(=O)CCNC(C)C)c(Br)cc1Br. The van der Waals surface area contributed by atoms with E-state index in [2.05, 4.69) is 42.5 Å². The molecule has 0 radical (unpaired) electrons. The van der Waals surface area contributed by atoms with Gasteiger partial charge in [0.1, 0.15) is 5.75 Å². The van der Waals surface area contributed by atoms with Crippen LogP contribution in [0.2, 0.25) is 0 Å². The molecule has 1 amide bonds. The van der Waals surface area contributed by atoms with E-state index in [4.69, 9.17) is 4.74 Å². The number of methoxy groups -OCH3 is 1. The number of anilines is 1. The quantitative estimate of drug-likeness (QED) is 0.776. The third-order valence-electron chi connectivity index (χ3n) is 2.42. The number of amides is 1. The standard InChI is InChI=1S/C13H18Br2N2O2/c1-8(2)16-5-4-13(18)17-11-7-12(19-3)10(15)6-9(11)14/h6-8,16H,4-5H2,1-3H3,(H,17,18). The summed E-state index contributed by atoms with van der Waals surface area (Å²) in [5, 5.41) is 6.06. The Morgan fingerprint density at radius 2 is 2.00 bits per heavy atom. The molecule has 0 aliphatic rings. The molecule has 0 spiro atoms. The molecule has 0 aromatic heterocycles. The van der Waals surface area contributed by atoms with Crippen LogP contribution in [0.25, 0.3) is 0 Å². The van der Waals surface area contributed by atoms with Crippen LogP contribution in [-0.2, 0) is 4.79 Å². The van der Waals surface area contributed by atoms with Gasteiger partial charge in [0.15, 0.2) is 0 Å². The predicted molar refractivity (Wildman–Crippen MR) is 84.8 cm³/mol. The van der Waals surface area contributed by atoms with Gasteiger partial charge in [-0.3, -0.25) is 4.79 Å². The summed E-state index contributed by atoms with van der Waals surface area (Å²) in [7, 11) is 1.59. The highest BCUT2D eigenvalue weighted by molar-refractivity contribution is 9.11. The Hall–Kier alpha value is -0.590. The molecular formula is C13H18Br2N2O2. The maximum atomic E-state index is 11.8. The molecule has 1 aromatic carbocycles. The van der Waals surface area contributed by atoms with Crippen LogP contribution in [0.5, 0.6) is 5.75 Å². The molecule has 106 valence electrons. The first-order valence-corrected chi connectivity index (χ1v) is 7.59. The van der Waals surface area contributed by atoms with Gasteiger partial charge in [-0.2, -0.15) is 0 Å².